The molecule has 0 spiro atoms. The van der Waals surface area contributed by atoms with Crippen molar-refractivity contribution in [1.82, 2.24) is 14.5 Å². The number of hydrogen-bond acceptors (Lipinski definition) is 3. The molecule has 0 saturated carbocycles. The number of carbonyl (C=O) groups is 1. The summed E-state index contributed by atoms with van der Waals surface area (Å²) in [6.45, 7) is 3.67. The fourth-order valence-electron chi connectivity index (χ4n) is 3.48. The number of nitrogens with zero attached hydrogens (tertiary/aromatic N) is 3. The first-order valence-corrected chi connectivity index (χ1v) is 8.84. The van der Waals surface area contributed by atoms with Crippen LogP contribution in [-0.2, 0) is 11.2 Å². The Balaban J connectivity index is 1.53. The summed E-state index contributed by atoms with van der Waals surface area (Å²) in [6, 6.07) is 12.6. The van der Waals surface area contributed by atoms with E-state index in [1.807, 2.05) is 34.5 Å². The smallest absolute Gasteiger partial charge is 0.227 e. The molecule has 1 atom stereocenters. The van der Waals surface area contributed by atoms with Crippen molar-refractivity contribution in [1.29, 1.82) is 0 Å². The zero-order chi connectivity index (χ0) is 15.8. The molecule has 0 N–H and O–H groups in total. The Kier molecular flexibility index (Phi) is 3.65. The van der Waals surface area contributed by atoms with E-state index in [1.54, 1.807) is 11.3 Å². The van der Waals surface area contributed by atoms with Crippen molar-refractivity contribution in [3.63, 3.8) is 0 Å². The molecule has 0 aliphatic carbocycles. The van der Waals surface area contributed by atoms with Crippen LogP contribution >= 0.6 is 11.3 Å². The number of imidazole rings is 1. The predicted octanol–water partition coefficient (Wildman–Crippen LogP) is 3.42. The van der Waals surface area contributed by atoms with Gasteiger partial charge in [0.25, 0.3) is 0 Å². The van der Waals surface area contributed by atoms with Crippen molar-refractivity contribution in [2.75, 3.05) is 13.1 Å². The number of benzene rings is 1. The summed E-state index contributed by atoms with van der Waals surface area (Å²) >= 11 is 1.65. The molecular formula is C18H19N3OS. The van der Waals surface area contributed by atoms with Crippen LogP contribution in [-0.4, -0.2) is 33.4 Å². The van der Waals surface area contributed by atoms with E-state index in [4.69, 9.17) is 0 Å². The highest BCUT2D eigenvalue weighted by Crippen LogP contribution is 2.28. The fraction of sp³-hybridized carbons (Fsp3) is 0.333. The van der Waals surface area contributed by atoms with Crippen LogP contribution in [0.3, 0.4) is 0 Å². The molecule has 1 amide bonds. The first-order valence-electron chi connectivity index (χ1n) is 7.96. The molecule has 118 valence electrons. The monoisotopic (exact) mass is 325 g/mol. The van der Waals surface area contributed by atoms with Crippen LogP contribution in [0.4, 0.5) is 0 Å². The Labute approximate surface area is 139 Å². The lowest BCUT2D eigenvalue weighted by Gasteiger charge is -2.18. The minimum Gasteiger partial charge on any atom is -0.340 e. The highest BCUT2D eigenvalue weighted by Gasteiger charge is 2.29. The minimum absolute atomic E-state index is 0.233. The molecule has 23 heavy (non-hydrogen) atoms. The van der Waals surface area contributed by atoms with Crippen LogP contribution in [0.15, 0.2) is 41.8 Å². The third kappa shape index (κ3) is 2.65. The van der Waals surface area contributed by atoms with Gasteiger partial charge in [-0.1, -0.05) is 18.2 Å². The van der Waals surface area contributed by atoms with Crippen molar-refractivity contribution in [2.45, 2.75) is 25.8 Å². The Morgan fingerprint density at radius 3 is 3.00 bits per heavy atom. The van der Waals surface area contributed by atoms with Gasteiger partial charge >= 0.3 is 0 Å². The third-order valence-electron chi connectivity index (χ3n) is 4.56. The predicted molar refractivity (Wildman–Crippen MR) is 92.7 cm³/mol. The van der Waals surface area contributed by atoms with E-state index in [0.29, 0.717) is 12.5 Å². The van der Waals surface area contributed by atoms with E-state index >= 15 is 0 Å². The largest absolute Gasteiger partial charge is 0.340 e. The lowest BCUT2D eigenvalue weighted by atomic mass is 10.2. The van der Waals surface area contributed by atoms with Crippen molar-refractivity contribution in [3.05, 3.63) is 52.5 Å². The average Bonchev–Trinajstić information content (AvgIpc) is 3.25. The Morgan fingerprint density at radius 1 is 1.30 bits per heavy atom. The van der Waals surface area contributed by atoms with E-state index in [9.17, 15) is 4.79 Å². The van der Waals surface area contributed by atoms with Crippen LogP contribution in [0.1, 0.15) is 23.2 Å². The van der Waals surface area contributed by atoms with Gasteiger partial charge in [-0.25, -0.2) is 4.98 Å². The number of hydrogen-bond donors (Lipinski definition) is 0. The second kappa shape index (κ2) is 5.81. The number of para-hydroxylation sites is 2. The molecule has 0 radical (unpaired) electrons. The maximum absolute atomic E-state index is 12.5. The number of carbonyl (C=O) groups excluding carboxylic acids is 1. The van der Waals surface area contributed by atoms with Gasteiger partial charge in [-0.3, -0.25) is 4.79 Å². The highest BCUT2D eigenvalue weighted by atomic mass is 32.1. The maximum atomic E-state index is 12.5. The van der Waals surface area contributed by atoms with Crippen LogP contribution in [0.5, 0.6) is 0 Å². The molecule has 1 aliphatic heterocycles. The second-order valence-electron chi connectivity index (χ2n) is 6.06. The van der Waals surface area contributed by atoms with Gasteiger partial charge in [0.15, 0.2) is 0 Å². The minimum atomic E-state index is 0.233. The highest BCUT2D eigenvalue weighted by molar-refractivity contribution is 7.10. The van der Waals surface area contributed by atoms with Gasteiger partial charge in [-0.05, 0) is 36.9 Å². The molecule has 0 bridgehead atoms. The molecular weight excluding hydrogens is 306 g/mol. The van der Waals surface area contributed by atoms with Crippen LogP contribution in [0, 0.1) is 6.92 Å². The summed E-state index contributed by atoms with van der Waals surface area (Å²) in [5, 5.41) is 2.02. The normalized spacial score (nSPS) is 18.0. The molecule has 5 heteroatoms. The molecule has 4 rings (SSSR count). The number of likely N-dealkylation sites (tertiary alicyclic amines) is 1. The van der Waals surface area contributed by atoms with Crippen LogP contribution in [0.25, 0.3) is 11.0 Å². The lowest BCUT2D eigenvalue weighted by molar-refractivity contribution is -0.129. The SMILES string of the molecule is Cc1nc2ccccc2n1C1CCN(C(=O)Cc2cccs2)C1. The van der Waals surface area contributed by atoms with Crippen molar-refractivity contribution in [2.24, 2.45) is 0 Å². The van der Waals surface area contributed by atoms with Gasteiger partial charge in [0.2, 0.25) is 5.91 Å². The van der Waals surface area contributed by atoms with E-state index in [2.05, 4.69) is 28.6 Å². The van der Waals surface area contributed by atoms with Gasteiger partial charge in [-0.15, -0.1) is 11.3 Å². The zero-order valence-corrected chi connectivity index (χ0v) is 13.9. The average molecular weight is 325 g/mol. The third-order valence-corrected chi connectivity index (χ3v) is 5.44. The molecule has 4 nitrogen and oxygen atoms in total. The fourth-order valence-corrected chi connectivity index (χ4v) is 4.17. The second-order valence-corrected chi connectivity index (χ2v) is 7.09. The van der Waals surface area contributed by atoms with Gasteiger partial charge in [0, 0.05) is 18.0 Å². The molecule has 1 aliphatic rings. The molecule has 3 aromatic rings. The van der Waals surface area contributed by atoms with E-state index in [0.717, 1.165) is 35.7 Å². The number of thiophene rings is 1. The number of aryl methyl sites for hydroxylation is 1. The van der Waals surface area contributed by atoms with Crippen LogP contribution in [0.2, 0.25) is 0 Å². The molecule has 1 aromatic carbocycles. The molecule has 1 saturated heterocycles. The number of amides is 1. The summed E-state index contributed by atoms with van der Waals surface area (Å²) < 4.78 is 2.30. The van der Waals surface area contributed by atoms with E-state index in [1.165, 1.54) is 5.52 Å². The first-order chi connectivity index (χ1) is 11.2. The standard InChI is InChI=1S/C18H19N3OS/c1-13-19-16-6-2-3-7-17(16)21(13)14-8-9-20(12-14)18(22)11-15-5-4-10-23-15/h2-7,10,14H,8-9,11-12H2,1H3. The summed E-state index contributed by atoms with van der Waals surface area (Å²) in [5.41, 5.74) is 2.20. The molecule has 1 fully saturated rings. The first kappa shape index (κ1) is 14.5. The topological polar surface area (TPSA) is 38.1 Å². The van der Waals surface area contributed by atoms with E-state index in [-0.39, 0.29) is 5.91 Å². The molecule has 1 unspecified atom stereocenters. The molecule has 3 heterocycles. The Hall–Kier alpha value is -2.14. The molecule has 2 aromatic heterocycles. The number of aromatic nitrogens is 2. The van der Waals surface area contributed by atoms with Gasteiger partial charge < -0.3 is 9.47 Å². The van der Waals surface area contributed by atoms with Gasteiger partial charge in [-0.2, -0.15) is 0 Å². The Bertz CT molecular complexity index is 837. The summed E-state index contributed by atoms with van der Waals surface area (Å²) in [6.07, 6.45) is 1.52. The van der Waals surface area contributed by atoms with Crippen molar-refractivity contribution in [3.8, 4) is 0 Å². The summed E-state index contributed by atoms with van der Waals surface area (Å²) in [7, 11) is 0. The van der Waals surface area contributed by atoms with Crippen LogP contribution < -0.4 is 0 Å². The number of fused-ring (bicyclic) bond motifs is 1. The van der Waals surface area contributed by atoms with Crippen molar-refractivity contribution < 1.29 is 4.79 Å². The summed E-state index contributed by atoms with van der Waals surface area (Å²) in [5.74, 6) is 1.26. The van der Waals surface area contributed by atoms with Gasteiger partial charge in [0.1, 0.15) is 5.82 Å². The van der Waals surface area contributed by atoms with E-state index < -0.39 is 0 Å². The maximum Gasteiger partial charge on any atom is 0.227 e. The quantitative estimate of drug-likeness (QED) is 0.740. The lowest BCUT2D eigenvalue weighted by Crippen LogP contribution is -2.30. The summed E-state index contributed by atoms with van der Waals surface area (Å²) in [4.78, 5) is 20.3. The van der Waals surface area contributed by atoms with Crippen molar-refractivity contribution >= 4 is 28.3 Å². The van der Waals surface area contributed by atoms with Gasteiger partial charge in [0.05, 0.1) is 23.5 Å². The zero-order valence-electron chi connectivity index (χ0n) is 13.1. The Morgan fingerprint density at radius 2 is 2.17 bits per heavy atom. The number of rotatable bonds is 3.